The van der Waals surface area contributed by atoms with Crippen molar-refractivity contribution in [3.63, 3.8) is 0 Å². The van der Waals surface area contributed by atoms with Gasteiger partial charge in [-0.05, 0) is 100 Å². The smallest absolute Gasteiger partial charge is 0.434 e. The number of aromatic nitrogens is 3. The van der Waals surface area contributed by atoms with Gasteiger partial charge in [0.05, 0.1) is 30.3 Å². The normalized spacial score (nSPS) is 31.5. The summed E-state index contributed by atoms with van der Waals surface area (Å²) in [4.78, 5) is 36.9. The highest BCUT2D eigenvalue weighted by atomic mass is 19.4. The van der Waals surface area contributed by atoms with Crippen LogP contribution in [0.4, 0.5) is 22.0 Å². The van der Waals surface area contributed by atoms with Gasteiger partial charge in [0.15, 0.2) is 11.5 Å². The van der Waals surface area contributed by atoms with Crippen LogP contribution in [0.25, 0.3) is 22.3 Å². The van der Waals surface area contributed by atoms with Crippen LogP contribution in [0.2, 0.25) is 0 Å². The predicted octanol–water partition coefficient (Wildman–Crippen LogP) is 7.75. The number of ether oxygens (including phenoxy) is 2. The van der Waals surface area contributed by atoms with Crippen molar-refractivity contribution in [1.82, 2.24) is 24.8 Å². The molecule has 1 amide bonds. The Balaban J connectivity index is 1.09. The van der Waals surface area contributed by atoms with Crippen molar-refractivity contribution in [1.29, 1.82) is 0 Å². The molecule has 3 saturated carbocycles. The Morgan fingerprint density at radius 3 is 2.38 bits per heavy atom. The number of rotatable bonds is 8. The van der Waals surface area contributed by atoms with E-state index >= 15 is 0 Å². The highest BCUT2D eigenvalue weighted by molar-refractivity contribution is 6.00. The summed E-state index contributed by atoms with van der Waals surface area (Å²) < 4.78 is 85.3. The van der Waals surface area contributed by atoms with Crippen LogP contribution in [0, 0.1) is 23.7 Å². The first-order valence-corrected chi connectivity index (χ1v) is 19.6. The number of fused-ring (bicyclic) bond motifs is 3. The number of benzene rings is 1. The van der Waals surface area contributed by atoms with E-state index in [0.29, 0.717) is 67.9 Å². The molecule has 2 aliphatic heterocycles. The van der Waals surface area contributed by atoms with Gasteiger partial charge in [-0.1, -0.05) is 13.8 Å². The Labute approximate surface area is 316 Å². The molecule has 5 fully saturated rings. The van der Waals surface area contributed by atoms with Crippen molar-refractivity contribution in [2.45, 2.75) is 114 Å². The standard InChI is InChI=1S/C40H48F5N5O5/c1-22-13-24-15-23(2)39(37(52)53,25(14-22)16-24)48-36(51)31-18-46-35(47-34(31)40(43,44)45)32-19-50(27-9-11-54-12-10-27)33-17-29(7-8-30(32)33)55-28-5-3-26(4-6-28)49-20-38(41,42)21-49/h7-8,17-19,22-28H,3-6,9-16,20-21H2,1-2H3,(H,48,51)(H,52,53)/t22?,23?,24?,25?,26-,28+,39?. The third-order valence-corrected chi connectivity index (χ3v) is 13.1. The first-order chi connectivity index (χ1) is 26.1. The lowest BCUT2D eigenvalue weighted by molar-refractivity contribution is -0.155. The minimum Gasteiger partial charge on any atom is -0.490 e. The summed E-state index contributed by atoms with van der Waals surface area (Å²) in [5.74, 6) is -4.98. The molecule has 15 heteroatoms. The maximum absolute atomic E-state index is 14.8. The summed E-state index contributed by atoms with van der Waals surface area (Å²) >= 11 is 0. The number of carboxylic acids is 1. The van der Waals surface area contributed by atoms with E-state index in [0.717, 1.165) is 43.8 Å². The average molecular weight is 774 g/mol. The zero-order chi connectivity index (χ0) is 38.9. The summed E-state index contributed by atoms with van der Waals surface area (Å²) in [5.41, 5.74) is -2.89. The van der Waals surface area contributed by atoms with Crippen molar-refractivity contribution in [3.8, 4) is 17.1 Å². The topological polar surface area (TPSA) is 119 Å². The predicted molar refractivity (Wildman–Crippen MR) is 192 cm³/mol. The number of likely N-dealkylation sites (tertiary alicyclic amines) is 1. The number of carboxylic acid groups (broad SMARTS) is 1. The molecule has 3 aliphatic carbocycles. The molecular weight excluding hydrogens is 725 g/mol. The highest BCUT2D eigenvalue weighted by Crippen LogP contribution is 2.50. The van der Waals surface area contributed by atoms with Crippen LogP contribution in [0.1, 0.15) is 100 Å². The minimum absolute atomic E-state index is 0.00993. The molecule has 4 heterocycles. The molecule has 2 saturated heterocycles. The molecule has 0 radical (unpaired) electrons. The van der Waals surface area contributed by atoms with Gasteiger partial charge in [0.25, 0.3) is 11.8 Å². The molecule has 2 bridgehead atoms. The molecule has 8 rings (SSSR count). The van der Waals surface area contributed by atoms with Crippen LogP contribution in [0.3, 0.4) is 0 Å². The van der Waals surface area contributed by atoms with Crippen molar-refractivity contribution in [3.05, 3.63) is 41.9 Å². The zero-order valence-electron chi connectivity index (χ0n) is 31.1. The summed E-state index contributed by atoms with van der Waals surface area (Å²) in [6.07, 6.45) is 4.47. The SMILES string of the molecule is CC1CC2CC(C)C(NC(=O)c3cnc(-c4cn(C5CCOCC5)c5cc(O[C@H]6CC[C@@H](N7CC(F)(F)C7)CC6)ccc45)nc3C(F)(F)F)(C(=O)O)C(C1)C2. The second-order valence-corrected chi connectivity index (χ2v) is 16.9. The summed E-state index contributed by atoms with van der Waals surface area (Å²) in [6, 6.07) is 5.52. The van der Waals surface area contributed by atoms with Crippen LogP contribution in [-0.4, -0.2) is 86.3 Å². The van der Waals surface area contributed by atoms with E-state index < -0.39 is 52.6 Å². The molecule has 0 spiro atoms. The highest BCUT2D eigenvalue weighted by Gasteiger charge is 2.57. The van der Waals surface area contributed by atoms with E-state index in [4.69, 9.17) is 9.47 Å². The Morgan fingerprint density at radius 2 is 1.71 bits per heavy atom. The Kier molecular flexibility index (Phi) is 9.87. The lowest BCUT2D eigenvalue weighted by Crippen LogP contribution is -2.66. The third-order valence-electron chi connectivity index (χ3n) is 13.1. The molecule has 3 aromatic rings. The van der Waals surface area contributed by atoms with Crippen LogP contribution in [0.15, 0.2) is 30.6 Å². The van der Waals surface area contributed by atoms with Crippen LogP contribution in [-0.2, 0) is 15.7 Å². The Morgan fingerprint density at radius 1 is 0.982 bits per heavy atom. The number of aliphatic carboxylic acids is 1. The molecule has 2 aromatic heterocycles. The number of halogens is 5. The van der Waals surface area contributed by atoms with Gasteiger partial charge in [0, 0.05) is 54.7 Å². The van der Waals surface area contributed by atoms with Crippen LogP contribution >= 0.6 is 0 Å². The molecular formula is C40H48F5N5O5. The summed E-state index contributed by atoms with van der Waals surface area (Å²) in [7, 11) is 0. The molecule has 5 unspecified atom stereocenters. The fraction of sp³-hybridized carbons (Fsp3) is 0.650. The van der Waals surface area contributed by atoms with Crippen molar-refractivity contribution in [2.75, 3.05) is 26.3 Å². The lowest BCUT2D eigenvalue weighted by Gasteiger charge is -2.52. The van der Waals surface area contributed by atoms with E-state index in [-0.39, 0.29) is 43.0 Å². The average Bonchev–Trinajstić information content (AvgIpc) is 3.51. The number of hydrogen-bond donors (Lipinski definition) is 2. The number of alkyl halides is 5. The maximum Gasteiger partial charge on any atom is 0.434 e. The van der Waals surface area contributed by atoms with Gasteiger partial charge in [-0.2, -0.15) is 13.2 Å². The van der Waals surface area contributed by atoms with E-state index in [1.807, 2.05) is 22.5 Å². The third kappa shape index (κ3) is 7.19. The fourth-order valence-corrected chi connectivity index (χ4v) is 10.5. The molecule has 5 atom stereocenters. The fourth-order valence-electron chi connectivity index (χ4n) is 10.5. The first kappa shape index (κ1) is 38.0. The number of nitrogens with zero attached hydrogens (tertiary/aromatic N) is 4. The Hall–Kier alpha value is -3.85. The first-order valence-electron chi connectivity index (χ1n) is 19.6. The van der Waals surface area contributed by atoms with E-state index in [2.05, 4.69) is 15.3 Å². The van der Waals surface area contributed by atoms with Crippen molar-refractivity contribution in [2.24, 2.45) is 23.7 Å². The van der Waals surface area contributed by atoms with Gasteiger partial charge in [-0.25, -0.2) is 23.5 Å². The molecule has 298 valence electrons. The number of nitrogens with one attached hydrogen (secondary N) is 1. The van der Waals surface area contributed by atoms with E-state index in [1.54, 1.807) is 25.3 Å². The Bertz CT molecular complexity index is 1930. The number of carbonyl (C=O) groups excluding carboxylic acids is 1. The van der Waals surface area contributed by atoms with E-state index in [1.165, 1.54) is 0 Å². The van der Waals surface area contributed by atoms with Crippen molar-refractivity contribution >= 4 is 22.8 Å². The molecule has 1 aromatic carbocycles. The molecule has 2 N–H and O–H groups in total. The van der Waals surface area contributed by atoms with Gasteiger partial charge >= 0.3 is 12.1 Å². The van der Waals surface area contributed by atoms with Gasteiger partial charge in [-0.3, -0.25) is 9.69 Å². The monoisotopic (exact) mass is 773 g/mol. The summed E-state index contributed by atoms with van der Waals surface area (Å²) in [6.45, 7) is 4.46. The zero-order valence-corrected chi connectivity index (χ0v) is 31.1. The van der Waals surface area contributed by atoms with Gasteiger partial charge < -0.3 is 24.5 Å². The van der Waals surface area contributed by atoms with Gasteiger partial charge in [-0.15, -0.1) is 0 Å². The van der Waals surface area contributed by atoms with Gasteiger partial charge in [0.2, 0.25) is 0 Å². The second kappa shape index (κ2) is 14.3. The van der Waals surface area contributed by atoms with Crippen LogP contribution in [0.5, 0.6) is 5.75 Å². The molecule has 5 aliphatic rings. The number of amides is 1. The van der Waals surface area contributed by atoms with Gasteiger partial charge in [0.1, 0.15) is 11.3 Å². The number of hydrogen-bond acceptors (Lipinski definition) is 7. The largest absolute Gasteiger partial charge is 0.490 e. The van der Waals surface area contributed by atoms with Crippen molar-refractivity contribution < 1.29 is 46.1 Å². The maximum atomic E-state index is 14.8. The quantitative estimate of drug-likeness (QED) is 0.223. The molecule has 10 nitrogen and oxygen atoms in total. The molecule has 55 heavy (non-hydrogen) atoms. The number of carbonyl (C=O) groups is 2. The summed E-state index contributed by atoms with van der Waals surface area (Å²) in [5, 5.41) is 13.7. The lowest BCUT2D eigenvalue weighted by atomic mass is 9.56. The van der Waals surface area contributed by atoms with E-state index in [9.17, 15) is 36.6 Å². The second-order valence-electron chi connectivity index (χ2n) is 16.9. The minimum atomic E-state index is -5.04. The van der Waals surface area contributed by atoms with Crippen LogP contribution < -0.4 is 10.1 Å².